The van der Waals surface area contributed by atoms with E-state index in [9.17, 15) is 35.3 Å². The van der Waals surface area contributed by atoms with Gasteiger partial charge in [0.05, 0.1) is 13.3 Å². The first-order valence-electron chi connectivity index (χ1n) is 5.05. The Morgan fingerprint density at radius 1 is 0.952 bits per heavy atom. The van der Waals surface area contributed by atoms with E-state index in [1.54, 1.807) is 0 Å². The van der Waals surface area contributed by atoms with Gasteiger partial charge in [0.15, 0.2) is 0 Å². The molecule has 0 aromatic heterocycles. The average molecular weight is 338 g/mol. The number of halogens is 8. The van der Waals surface area contributed by atoms with Crippen LogP contribution < -0.4 is 0 Å². The van der Waals surface area contributed by atoms with Gasteiger partial charge >= 0.3 is 18.3 Å². The molecule has 12 heteroatoms. The highest BCUT2D eigenvalue weighted by atomic mass is 19.3. The van der Waals surface area contributed by atoms with Crippen molar-refractivity contribution in [3.63, 3.8) is 0 Å². The Labute approximate surface area is 115 Å². The molecule has 0 saturated heterocycles. The summed E-state index contributed by atoms with van der Waals surface area (Å²) >= 11 is 0. The molecule has 0 bridgehead atoms. The first-order chi connectivity index (χ1) is 9.79. The van der Waals surface area contributed by atoms with Gasteiger partial charge in [-0.1, -0.05) is 0 Å². The Hall–Kier alpha value is -1.46. The second-order valence-corrected chi connectivity index (χ2v) is 2.23. The summed E-state index contributed by atoms with van der Waals surface area (Å²) in [5, 5.41) is 0. The third-order valence-corrected chi connectivity index (χ3v) is 0.807. The summed E-state index contributed by atoms with van der Waals surface area (Å²) in [4.78, 5) is 2.38. The highest BCUT2D eigenvalue weighted by Gasteiger charge is 2.47. The fraction of sp³-hybridized carbons (Fsp3) is 0.778. The second kappa shape index (κ2) is 16.6. The molecule has 0 aliphatic carbocycles. The largest absolute Gasteiger partial charge is 0.590 e. The summed E-state index contributed by atoms with van der Waals surface area (Å²) in [6, 6.07) is -1.77. The summed E-state index contributed by atoms with van der Waals surface area (Å²) in [6.07, 6.45) is -4.10. The smallest absolute Gasteiger partial charge is 0.429 e. The Morgan fingerprint density at radius 3 is 1.52 bits per heavy atom. The minimum absolute atomic E-state index is 0.250. The van der Waals surface area contributed by atoms with Crippen molar-refractivity contribution >= 4 is 0 Å². The van der Waals surface area contributed by atoms with E-state index in [4.69, 9.17) is 0 Å². The van der Waals surface area contributed by atoms with Crippen LogP contribution in [0.15, 0.2) is 12.0 Å². The molecule has 0 aromatic carbocycles. The maximum absolute atomic E-state index is 12.0. The Morgan fingerprint density at radius 2 is 1.33 bits per heavy atom. The normalized spacial score (nSPS) is 14.2. The minimum atomic E-state index is -4.10. The molecule has 0 unspecified atom stereocenters. The number of alkyl halides is 6. The fourth-order valence-electron chi connectivity index (χ4n) is 0.451. The van der Waals surface area contributed by atoms with E-state index in [1.165, 1.54) is 13.8 Å². The fourth-order valence-corrected chi connectivity index (χ4v) is 0.451. The van der Waals surface area contributed by atoms with Crippen LogP contribution in [-0.4, -0.2) is 33.4 Å². The van der Waals surface area contributed by atoms with E-state index < -0.39 is 32.0 Å². The van der Waals surface area contributed by atoms with Crippen molar-refractivity contribution in [1.29, 1.82) is 0 Å². The lowest BCUT2D eigenvalue weighted by atomic mass is 10.9. The maximum atomic E-state index is 12.0. The topological polar surface area (TPSA) is 36.9 Å². The highest BCUT2D eigenvalue weighted by Crippen LogP contribution is 2.34. The van der Waals surface area contributed by atoms with Gasteiger partial charge in [0, 0.05) is 0 Å². The summed E-state index contributed by atoms with van der Waals surface area (Å²) in [6.45, 7) is -0.401. The molecule has 1 aliphatic heterocycles. The van der Waals surface area contributed by atoms with Crippen LogP contribution in [0.3, 0.4) is 0 Å². The molecule has 0 spiro atoms. The third kappa shape index (κ3) is 18.5. The molecular weight excluding hydrogens is 324 g/mol. The van der Waals surface area contributed by atoms with Gasteiger partial charge in [-0.25, -0.2) is 8.78 Å². The molecule has 0 amide bonds. The lowest BCUT2D eigenvalue weighted by Crippen LogP contribution is -2.16. The van der Waals surface area contributed by atoms with E-state index in [0.717, 1.165) is 0 Å². The Bertz CT molecular complexity index is 248. The third-order valence-electron chi connectivity index (χ3n) is 0.807. The zero-order chi connectivity index (χ0) is 17.3. The van der Waals surface area contributed by atoms with Crippen LogP contribution in [0.4, 0.5) is 35.3 Å². The predicted molar refractivity (Wildman–Crippen MR) is 53.8 cm³/mol. The highest BCUT2D eigenvalue weighted by molar-refractivity contribution is 4.90. The van der Waals surface area contributed by atoms with E-state index >= 15 is 0 Å². The van der Waals surface area contributed by atoms with Crippen LogP contribution >= 0.6 is 0 Å². The molecule has 21 heavy (non-hydrogen) atoms. The molecule has 1 rings (SSSR count). The van der Waals surface area contributed by atoms with Crippen molar-refractivity contribution in [2.75, 3.05) is 27.1 Å². The molecule has 1 aliphatic rings. The summed E-state index contributed by atoms with van der Waals surface area (Å²) in [7, 11) is 0. The van der Waals surface area contributed by atoms with Crippen molar-refractivity contribution in [3.8, 4) is 0 Å². The first-order valence-corrected chi connectivity index (χ1v) is 5.05. The number of hydrogen-bond acceptors (Lipinski definition) is 4. The molecule has 130 valence electrons. The van der Waals surface area contributed by atoms with Crippen molar-refractivity contribution in [1.82, 2.24) is 0 Å². The van der Waals surface area contributed by atoms with Crippen molar-refractivity contribution in [2.24, 2.45) is 0 Å². The van der Waals surface area contributed by atoms with Crippen LogP contribution in [0.2, 0.25) is 0 Å². The minimum Gasteiger partial charge on any atom is -0.429 e. The average Bonchev–Trinajstić information content (AvgIpc) is 2.65. The molecule has 0 N–H and O–H groups in total. The van der Waals surface area contributed by atoms with E-state index in [2.05, 4.69) is 19.2 Å². The molecule has 0 saturated carbocycles. The summed E-state index contributed by atoms with van der Waals surface area (Å²) in [5.74, 6) is -1.28. The first kappa shape index (κ1) is 24.6. The van der Waals surface area contributed by atoms with Crippen molar-refractivity contribution < 1.29 is 54.4 Å². The quantitative estimate of drug-likeness (QED) is 0.715. The van der Waals surface area contributed by atoms with Crippen LogP contribution in [0.5, 0.6) is 0 Å². The maximum Gasteiger partial charge on any atom is 0.590 e. The van der Waals surface area contributed by atoms with Crippen LogP contribution in [0.1, 0.15) is 13.8 Å². The van der Waals surface area contributed by atoms with Gasteiger partial charge < -0.3 is 14.2 Å². The van der Waals surface area contributed by atoms with E-state index in [0.29, 0.717) is 0 Å². The number of rotatable bonds is 3. The van der Waals surface area contributed by atoms with Gasteiger partial charge in [0.1, 0.15) is 0 Å². The summed E-state index contributed by atoms with van der Waals surface area (Å²) < 4.78 is 97.8. The molecule has 0 atom stereocenters. The van der Waals surface area contributed by atoms with Gasteiger partial charge in [-0.2, -0.15) is 9.33 Å². The second-order valence-electron chi connectivity index (χ2n) is 2.23. The van der Waals surface area contributed by atoms with Crippen molar-refractivity contribution in [2.45, 2.75) is 20.1 Å². The van der Waals surface area contributed by atoms with Crippen LogP contribution in [-0.2, 0) is 19.2 Å². The molecule has 0 aromatic rings. The van der Waals surface area contributed by atoms with Gasteiger partial charge in [0.2, 0.25) is 13.7 Å². The molecule has 0 radical (unpaired) electrons. The van der Waals surface area contributed by atoms with E-state index in [1.807, 2.05) is 0 Å². The monoisotopic (exact) mass is 338 g/mol. The zero-order valence-electron chi connectivity index (χ0n) is 11.0. The lowest BCUT2D eigenvalue weighted by Gasteiger charge is -2.05. The molecular formula is C9H14F8O4. The standard InChI is InChI=1S/C4H2F4O3.2C2H5F.CH2F2O/c5-1-9-3-2(6)10-4(7,8)11-3;2*1-2-3;2-1-4-3/h1H2;2*2H2,1H3;1H2. The SMILES string of the molecule is CCF.CCF.FCOC1=C(F)OC(F)(F)O1.FCOF. The number of hydrogen-bond donors (Lipinski definition) is 0. The molecule has 4 nitrogen and oxygen atoms in total. The van der Waals surface area contributed by atoms with Crippen LogP contribution in [0, 0.1) is 0 Å². The van der Waals surface area contributed by atoms with Gasteiger partial charge in [-0.3, -0.25) is 8.78 Å². The predicted octanol–water partition coefficient (Wildman–Crippen LogP) is 4.39. The number of ether oxygens (including phenoxy) is 3. The summed E-state index contributed by atoms with van der Waals surface area (Å²) in [5.41, 5.74) is 0. The zero-order valence-corrected chi connectivity index (χ0v) is 11.0. The van der Waals surface area contributed by atoms with Crippen LogP contribution in [0.25, 0.3) is 0 Å². The Kier molecular flexibility index (Phi) is 19.4. The Balaban J connectivity index is -0.000000270. The molecule has 0 fully saturated rings. The van der Waals surface area contributed by atoms with Gasteiger partial charge in [-0.05, 0) is 18.4 Å². The van der Waals surface area contributed by atoms with Gasteiger partial charge in [0.25, 0.3) is 0 Å². The van der Waals surface area contributed by atoms with Gasteiger partial charge in [-0.15, -0.1) is 8.78 Å². The van der Waals surface area contributed by atoms with E-state index in [-0.39, 0.29) is 13.3 Å². The molecule has 1 heterocycles. The van der Waals surface area contributed by atoms with Crippen molar-refractivity contribution in [3.05, 3.63) is 12.0 Å². The lowest BCUT2D eigenvalue weighted by molar-refractivity contribution is -0.349.